The van der Waals surface area contributed by atoms with Gasteiger partial charge < -0.3 is 11.1 Å². The molecule has 0 atom stereocenters. The smallest absolute Gasteiger partial charge is 0.246 e. The van der Waals surface area contributed by atoms with Crippen molar-refractivity contribution in [3.63, 3.8) is 0 Å². The van der Waals surface area contributed by atoms with Crippen LogP contribution < -0.4 is 11.1 Å². The second-order valence-electron chi connectivity index (χ2n) is 4.22. The average molecular weight is 252 g/mol. The number of hydrogen-bond donors (Lipinski definition) is 2. The Kier molecular flexibility index (Phi) is 3.98. The highest BCUT2D eigenvalue weighted by molar-refractivity contribution is 6.01. The van der Waals surface area contributed by atoms with Crippen LogP contribution in [0.15, 0.2) is 66.2 Å². The number of nitrogens with one attached hydrogen (secondary N) is 1. The summed E-state index contributed by atoms with van der Waals surface area (Å²) in [6.07, 6.45) is 0. The Labute approximate surface area is 112 Å². The maximum atomic E-state index is 11.4. The monoisotopic (exact) mass is 252 g/mol. The van der Waals surface area contributed by atoms with E-state index in [0.29, 0.717) is 5.57 Å². The Morgan fingerprint density at radius 1 is 0.947 bits per heavy atom. The molecule has 0 bridgehead atoms. The zero-order valence-corrected chi connectivity index (χ0v) is 10.8. The predicted octanol–water partition coefficient (Wildman–Crippen LogP) is 3.02. The molecule has 2 aromatic rings. The van der Waals surface area contributed by atoms with E-state index >= 15 is 0 Å². The number of benzene rings is 2. The summed E-state index contributed by atoms with van der Waals surface area (Å²) in [5.41, 5.74) is 8.49. The summed E-state index contributed by atoms with van der Waals surface area (Å²) in [7, 11) is 0. The van der Waals surface area contributed by atoms with Crippen LogP contribution >= 0.6 is 0 Å². The molecule has 0 aliphatic carbocycles. The Morgan fingerprint density at radius 2 is 1.47 bits per heavy atom. The summed E-state index contributed by atoms with van der Waals surface area (Å²) in [6.45, 7) is 1.72. The lowest BCUT2D eigenvalue weighted by molar-refractivity contribution is -0.114. The summed E-state index contributed by atoms with van der Waals surface area (Å²) in [6, 6.07) is 19.4. The van der Waals surface area contributed by atoms with Gasteiger partial charge in [0.15, 0.2) is 0 Å². The van der Waals surface area contributed by atoms with Gasteiger partial charge in [-0.25, -0.2) is 0 Å². The maximum Gasteiger partial charge on any atom is 0.246 e. The Balaban J connectivity index is 2.42. The number of nitrogens with two attached hydrogens (primary N) is 1. The summed E-state index contributed by atoms with van der Waals surface area (Å²) < 4.78 is 0. The van der Waals surface area contributed by atoms with Gasteiger partial charge in [0.05, 0.1) is 5.70 Å². The van der Waals surface area contributed by atoms with Crippen LogP contribution in [0.25, 0.3) is 5.70 Å². The summed E-state index contributed by atoms with van der Waals surface area (Å²) in [5.74, 6) is -0.428. The molecule has 0 saturated carbocycles. The van der Waals surface area contributed by atoms with Gasteiger partial charge >= 0.3 is 0 Å². The van der Waals surface area contributed by atoms with Gasteiger partial charge in [0.25, 0.3) is 0 Å². The SMILES string of the molecule is C/C(C(N)=O)=C(\Nc1ccccc1)c1ccccc1. The van der Waals surface area contributed by atoms with Crippen molar-refractivity contribution in [1.82, 2.24) is 0 Å². The van der Waals surface area contributed by atoms with Crippen molar-refractivity contribution in [2.75, 3.05) is 5.32 Å². The number of carbonyl (C=O) groups is 1. The van der Waals surface area contributed by atoms with Gasteiger partial charge in [-0.05, 0) is 24.6 Å². The van der Waals surface area contributed by atoms with E-state index in [0.717, 1.165) is 16.9 Å². The van der Waals surface area contributed by atoms with E-state index in [1.54, 1.807) is 6.92 Å². The highest BCUT2D eigenvalue weighted by atomic mass is 16.1. The molecule has 0 aromatic heterocycles. The number of rotatable bonds is 4. The van der Waals surface area contributed by atoms with Crippen molar-refractivity contribution in [3.8, 4) is 0 Å². The van der Waals surface area contributed by atoms with Crippen molar-refractivity contribution in [3.05, 3.63) is 71.8 Å². The summed E-state index contributed by atoms with van der Waals surface area (Å²) in [5, 5.41) is 3.26. The lowest BCUT2D eigenvalue weighted by atomic mass is 10.1. The highest BCUT2D eigenvalue weighted by Crippen LogP contribution is 2.21. The Hall–Kier alpha value is -2.55. The predicted molar refractivity (Wildman–Crippen MR) is 78.3 cm³/mol. The minimum atomic E-state index is -0.428. The van der Waals surface area contributed by atoms with Crippen LogP contribution in [0.4, 0.5) is 5.69 Å². The normalized spacial score (nSPS) is 11.6. The van der Waals surface area contributed by atoms with Crippen LogP contribution in [0.2, 0.25) is 0 Å². The zero-order chi connectivity index (χ0) is 13.7. The van der Waals surface area contributed by atoms with Gasteiger partial charge in [0, 0.05) is 11.3 Å². The van der Waals surface area contributed by atoms with E-state index in [1.807, 2.05) is 60.7 Å². The first-order valence-electron chi connectivity index (χ1n) is 6.06. The standard InChI is InChI=1S/C16H16N2O/c1-12(16(17)19)15(13-8-4-2-5-9-13)18-14-10-6-3-7-11-14/h2-11,18H,1H3,(H2,17,19)/b15-12+. The number of amides is 1. The summed E-state index contributed by atoms with van der Waals surface area (Å²) >= 11 is 0. The van der Waals surface area contributed by atoms with Gasteiger partial charge in [-0.15, -0.1) is 0 Å². The first-order valence-corrected chi connectivity index (χ1v) is 6.06. The number of anilines is 1. The van der Waals surface area contributed by atoms with Crippen LogP contribution in [0.5, 0.6) is 0 Å². The molecule has 0 heterocycles. The van der Waals surface area contributed by atoms with Gasteiger partial charge in [-0.2, -0.15) is 0 Å². The fourth-order valence-electron chi connectivity index (χ4n) is 1.78. The van der Waals surface area contributed by atoms with E-state index in [4.69, 9.17) is 5.73 Å². The quantitative estimate of drug-likeness (QED) is 0.822. The van der Waals surface area contributed by atoms with Gasteiger partial charge in [-0.1, -0.05) is 48.5 Å². The molecule has 0 radical (unpaired) electrons. The van der Waals surface area contributed by atoms with Crippen molar-refractivity contribution in [2.24, 2.45) is 5.73 Å². The van der Waals surface area contributed by atoms with Crippen molar-refractivity contribution >= 4 is 17.3 Å². The second-order valence-corrected chi connectivity index (χ2v) is 4.22. The second kappa shape index (κ2) is 5.87. The molecule has 0 saturated heterocycles. The fraction of sp³-hybridized carbons (Fsp3) is 0.0625. The van der Waals surface area contributed by atoms with Crippen LogP contribution in [-0.4, -0.2) is 5.91 Å². The molecule has 0 unspecified atom stereocenters. The first kappa shape index (κ1) is 12.9. The highest BCUT2D eigenvalue weighted by Gasteiger charge is 2.10. The largest absolute Gasteiger partial charge is 0.366 e. The minimum Gasteiger partial charge on any atom is -0.366 e. The van der Waals surface area contributed by atoms with Gasteiger partial charge in [0.2, 0.25) is 5.91 Å². The fourth-order valence-corrected chi connectivity index (χ4v) is 1.78. The molecule has 1 amide bonds. The van der Waals surface area contributed by atoms with E-state index < -0.39 is 5.91 Å². The number of hydrogen-bond acceptors (Lipinski definition) is 2. The zero-order valence-electron chi connectivity index (χ0n) is 10.8. The molecule has 0 spiro atoms. The Bertz CT molecular complexity index is 589. The third-order valence-corrected chi connectivity index (χ3v) is 2.85. The van der Waals surface area contributed by atoms with Crippen LogP contribution in [0, 0.1) is 0 Å². The van der Waals surface area contributed by atoms with E-state index in [2.05, 4.69) is 5.32 Å². The average Bonchev–Trinajstić information content (AvgIpc) is 2.46. The molecule has 0 aliphatic heterocycles. The van der Waals surface area contributed by atoms with Crippen LogP contribution in [-0.2, 0) is 4.79 Å². The maximum absolute atomic E-state index is 11.4. The molecule has 0 aliphatic rings. The molecular formula is C16H16N2O. The van der Waals surface area contributed by atoms with Gasteiger partial charge in [-0.3, -0.25) is 4.79 Å². The van der Waals surface area contributed by atoms with Gasteiger partial charge in [0.1, 0.15) is 0 Å². The molecule has 3 nitrogen and oxygen atoms in total. The minimum absolute atomic E-state index is 0.428. The molecule has 19 heavy (non-hydrogen) atoms. The number of primary amides is 1. The summed E-state index contributed by atoms with van der Waals surface area (Å²) in [4.78, 5) is 11.4. The van der Waals surface area contributed by atoms with Crippen molar-refractivity contribution in [1.29, 1.82) is 0 Å². The first-order chi connectivity index (χ1) is 9.18. The topological polar surface area (TPSA) is 55.1 Å². The van der Waals surface area contributed by atoms with Crippen LogP contribution in [0.1, 0.15) is 12.5 Å². The molecule has 3 heteroatoms. The van der Waals surface area contributed by atoms with Crippen molar-refractivity contribution in [2.45, 2.75) is 6.92 Å². The molecule has 2 aromatic carbocycles. The van der Waals surface area contributed by atoms with E-state index in [-0.39, 0.29) is 0 Å². The molecule has 96 valence electrons. The Morgan fingerprint density at radius 3 is 2.00 bits per heavy atom. The lowest BCUT2D eigenvalue weighted by Gasteiger charge is -2.14. The van der Waals surface area contributed by atoms with E-state index in [9.17, 15) is 4.79 Å². The number of carbonyl (C=O) groups excluding carboxylic acids is 1. The number of para-hydroxylation sites is 1. The lowest BCUT2D eigenvalue weighted by Crippen LogP contribution is -2.16. The van der Waals surface area contributed by atoms with E-state index in [1.165, 1.54) is 0 Å². The van der Waals surface area contributed by atoms with Crippen LogP contribution in [0.3, 0.4) is 0 Å². The molecule has 0 fully saturated rings. The molecule has 2 rings (SSSR count). The van der Waals surface area contributed by atoms with Crippen molar-refractivity contribution < 1.29 is 4.79 Å². The molecular weight excluding hydrogens is 236 g/mol. The molecule has 3 N–H and O–H groups in total. The third kappa shape index (κ3) is 3.22. The third-order valence-electron chi connectivity index (χ3n) is 2.85.